The average molecular weight is 336 g/mol. The van der Waals surface area contributed by atoms with Crippen LogP contribution in [-0.2, 0) is 6.42 Å². The topological polar surface area (TPSA) is 66.8 Å². The Kier molecular flexibility index (Phi) is 10.7. The molecule has 0 radical (unpaired) electrons. The molecule has 0 atom stereocenters. The molecule has 1 rings (SSSR count). The van der Waals surface area contributed by atoms with E-state index in [0.717, 1.165) is 24.8 Å². The normalized spacial score (nSPS) is 10.7. The number of ether oxygens (including phenoxy) is 1. The number of carbonyl (C=O) groups is 1. The van der Waals surface area contributed by atoms with Crippen molar-refractivity contribution < 1.29 is 19.7 Å². The molecule has 4 nitrogen and oxygen atoms in total. The van der Waals surface area contributed by atoms with E-state index < -0.39 is 6.16 Å². The SMILES string of the molecule is CCCCCCCCCCCCCc1cccc(OC(=O)O)c1O. The summed E-state index contributed by atoms with van der Waals surface area (Å²) in [6, 6.07) is 5.00. The molecule has 0 heterocycles. The first-order valence-electron chi connectivity index (χ1n) is 9.36. The van der Waals surface area contributed by atoms with Gasteiger partial charge in [0.15, 0.2) is 11.5 Å². The van der Waals surface area contributed by atoms with Crippen LogP contribution in [0, 0.1) is 0 Å². The highest BCUT2D eigenvalue weighted by molar-refractivity contribution is 5.63. The lowest BCUT2D eigenvalue weighted by molar-refractivity contribution is 0.143. The maximum Gasteiger partial charge on any atom is 0.511 e. The number of para-hydroxylation sites is 1. The van der Waals surface area contributed by atoms with Crippen LogP contribution in [0.2, 0.25) is 0 Å². The molecule has 0 aliphatic rings. The molecule has 1 aromatic carbocycles. The van der Waals surface area contributed by atoms with Gasteiger partial charge in [0.05, 0.1) is 0 Å². The Labute approximate surface area is 145 Å². The Morgan fingerprint density at radius 1 is 0.917 bits per heavy atom. The second-order valence-electron chi connectivity index (χ2n) is 6.42. The minimum Gasteiger partial charge on any atom is -0.504 e. The Hall–Kier alpha value is -1.71. The number of phenolic OH excluding ortho intramolecular Hbond substituents is 1. The number of benzene rings is 1. The molecule has 4 heteroatoms. The first-order chi connectivity index (χ1) is 11.6. The van der Waals surface area contributed by atoms with Gasteiger partial charge in [-0.15, -0.1) is 0 Å². The summed E-state index contributed by atoms with van der Waals surface area (Å²) < 4.78 is 4.56. The second-order valence-corrected chi connectivity index (χ2v) is 6.42. The molecule has 0 fully saturated rings. The Morgan fingerprint density at radius 3 is 2.00 bits per heavy atom. The van der Waals surface area contributed by atoms with Crippen LogP contribution in [-0.4, -0.2) is 16.4 Å². The Morgan fingerprint density at radius 2 is 1.46 bits per heavy atom. The molecule has 0 aromatic heterocycles. The van der Waals surface area contributed by atoms with Crippen molar-refractivity contribution in [1.82, 2.24) is 0 Å². The van der Waals surface area contributed by atoms with Crippen molar-refractivity contribution in [2.45, 2.75) is 84.0 Å². The van der Waals surface area contributed by atoms with Crippen LogP contribution in [0.4, 0.5) is 4.79 Å². The van der Waals surface area contributed by atoms with Crippen LogP contribution >= 0.6 is 0 Å². The van der Waals surface area contributed by atoms with Crippen molar-refractivity contribution in [1.29, 1.82) is 0 Å². The Bertz CT molecular complexity index is 471. The van der Waals surface area contributed by atoms with Crippen LogP contribution in [0.25, 0.3) is 0 Å². The summed E-state index contributed by atoms with van der Waals surface area (Å²) in [5, 5.41) is 18.6. The van der Waals surface area contributed by atoms with Crippen LogP contribution in [0.3, 0.4) is 0 Å². The number of phenols is 1. The van der Waals surface area contributed by atoms with Gasteiger partial charge in [0.2, 0.25) is 0 Å². The van der Waals surface area contributed by atoms with Crippen molar-refractivity contribution in [3.05, 3.63) is 23.8 Å². The molecule has 0 saturated heterocycles. The van der Waals surface area contributed by atoms with Gasteiger partial charge in [-0.3, -0.25) is 0 Å². The molecular weight excluding hydrogens is 304 g/mol. The summed E-state index contributed by atoms with van der Waals surface area (Å²) in [7, 11) is 0. The van der Waals surface area contributed by atoms with Crippen molar-refractivity contribution in [3.8, 4) is 11.5 Å². The summed E-state index contributed by atoms with van der Waals surface area (Å²) >= 11 is 0. The number of aryl methyl sites for hydroxylation is 1. The van der Waals surface area contributed by atoms with Crippen LogP contribution in [0.1, 0.15) is 83.1 Å². The molecule has 24 heavy (non-hydrogen) atoms. The molecular formula is C20H32O4. The number of hydrogen-bond donors (Lipinski definition) is 2. The van der Waals surface area contributed by atoms with Gasteiger partial charge in [-0.1, -0.05) is 83.3 Å². The van der Waals surface area contributed by atoms with Gasteiger partial charge in [0, 0.05) is 0 Å². The van der Waals surface area contributed by atoms with E-state index in [1.807, 2.05) is 6.07 Å². The molecule has 0 saturated carbocycles. The number of hydrogen-bond acceptors (Lipinski definition) is 3. The van der Waals surface area contributed by atoms with E-state index >= 15 is 0 Å². The number of rotatable bonds is 13. The van der Waals surface area contributed by atoms with Crippen molar-refractivity contribution in [3.63, 3.8) is 0 Å². The van der Waals surface area contributed by atoms with E-state index in [1.54, 1.807) is 6.07 Å². The third kappa shape index (κ3) is 8.80. The highest BCUT2D eigenvalue weighted by atomic mass is 16.7. The average Bonchev–Trinajstić information content (AvgIpc) is 2.55. The van der Waals surface area contributed by atoms with Crippen LogP contribution < -0.4 is 4.74 Å². The molecule has 0 unspecified atom stereocenters. The molecule has 136 valence electrons. The lowest BCUT2D eigenvalue weighted by atomic mass is 10.0. The molecule has 2 N–H and O–H groups in total. The fourth-order valence-electron chi connectivity index (χ4n) is 2.93. The zero-order valence-electron chi connectivity index (χ0n) is 14.9. The minimum atomic E-state index is -1.41. The van der Waals surface area contributed by atoms with Crippen molar-refractivity contribution in [2.75, 3.05) is 0 Å². The lowest BCUT2D eigenvalue weighted by Gasteiger charge is -2.08. The second kappa shape index (κ2) is 12.7. The fourth-order valence-corrected chi connectivity index (χ4v) is 2.93. The summed E-state index contributed by atoms with van der Waals surface area (Å²) in [6.07, 6.45) is 13.4. The van der Waals surface area contributed by atoms with Gasteiger partial charge < -0.3 is 14.9 Å². The number of unbranched alkanes of at least 4 members (excludes halogenated alkanes) is 10. The van der Waals surface area contributed by atoms with Gasteiger partial charge in [-0.25, -0.2) is 4.79 Å². The van der Waals surface area contributed by atoms with Gasteiger partial charge in [0.1, 0.15) is 0 Å². The summed E-state index contributed by atoms with van der Waals surface area (Å²) in [4.78, 5) is 10.6. The fraction of sp³-hybridized carbons (Fsp3) is 0.650. The maximum atomic E-state index is 10.6. The summed E-state index contributed by atoms with van der Waals surface area (Å²) in [5.74, 6) is -0.0324. The first-order valence-corrected chi connectivity index (χ1v) is 9.36. The molecule has 0 bridgehead atoms. The van der Waals surface area contributed by atoms with Gasteiger partial charge in [-0.05, 0) is 24.5 Å². The quantitative estimate of drug-likeness (QED) is 0.252. The highest BCUT2D eigenvalue weighted by Crippen LogP contribution is 2.31. The largest absolute Gasteiger partial charge is 0.511 e. The number of aromatic hydroxyl groups is 1. The predicted molar refractivity (Wildman–Crippen MR) is 96.9 cm³/mol. The van der Waals surface area contributed by atoms with E-state index in [1.165, 1.54) is 63.9 Å². The van der Waals surface area contributed by atoms with Gasteiger partial charge >= 0.3 is 6.16 Å². The van der Waals surface area contributed by atoms with Gasteiger partial charge in [0.25, 0.3) is 0 Å². The first kappa shape index (κ1) is 20.3. The molecule has 1 aromatic rings. The minimum absolute atomic E-state index is 0.0167. The van der Waals surface area contributed by atoms with Crippen molar-refractivity contribution >= 4 is 6.16 Å². The summed E-state index contributed by atoms with van der Waals surface area (Å²) in [6.45, 7) is 2.25. The lowest BCUT2D eigenvalue weighted by Crippen LogP contribution is -2.03. The zero-order valence-corrected chi connectivity index (χ0v) is 14.9. The standard InChI is InChI=1S/C20H32O4/c1-2-3-4-5-6-7-8-9-10-11-12-14-17-15-13-16-18(19(17)21)24-20(22)23/h13,15-16,21H,2-12,14H2,1H3,(H,22,23). The van der Waals surface area contributed by atoms with Crippen molar-refractivity contribution in [2.24, 2.45) is 0 Å². The zero-order chi connectivity index (χ0) is 17.6. The van der Waals surface area contributed by atoms with Crippen LogP contribution in [0.15, 0.2) is 18.2 Å². The molecule has 0 aliphatic heterocycles. The van der Waals surface area contributed by atoms with Gasteiger partial charge in [-0.2, -0.15) is 0 Å². The third-order valence-corrected chi connectivity index (χ3v) is 4.33. The monoisotopic (exact) mass is 336 g/mol. The van der Waals surface area contributed by atoms with E-state index in [4.69, 9.17) is 5.11 Å². The van der Waals surface area contributed by atoms with Crippen LogP contribution in [0.5, 0.6) is 11.5 Å². The summed E-state index contributed by atoms with van der Waals surface area (Å²) in [5.41, 5.74) is 0.754. The Balaban J connectivity index is 2.10. The molecule has 0 spiro atoms. The van der Waals surface area contributed by atoms with E-state index in [9.17, 15) is 9.90 Å². The maximum absolute atomic E-state index is 10.6. The molecule has 0 amide bonds. The van der Waals surface area contributed by atoms with E-state index in [0.29, 0.717) is 0 Å². The predicted octanol–water partition coefficient (Wildman–Crippen LogP) is 6.30. The highest BCUT2D eigenvalue weighted by Gasteiger charge is 2.10. The smallest absolute Gasteiger partial charge is 0.504 e. The number of carboxylic acid groups (broad SMARTS) is 1. The van der Waals surface area contributed by atoms with E-state index in [-0.39, 0.29) is 11.5 Å². The third-order valence-electron chi connectivity index (χ3n) is 4.33. The van der Waals surface area contributed by atoms with E-state index in [2.05, 4.69) is 11.7 Å². The molecule has 0 aliphatic carbocycles.